The molecule has 0 spiro atoms. The average molecular weight is 323 g/mol. The molecule has 1 saturated heterocycles. The highest BCUT2D eigenvalue weighted by atomic mass is 35.5. The Labute approximate surface area is 139 Å². The number of halogens is 1. The van der Waals surface area contributed by atoms with Crippen molar-refractivity contribution in [2.24, 2.45) is 0 Å². The number of carbonyl (C=O) groups is 1. The van der Waals surface area contributed by atoms with Gasteiger partial charge in [-0.05, 0) is 37.0 Å². The smallest absolute Gasteiger partial charge is 0.220 e. The second-order valence-electron chi connectivity index (χ2n) is 6.20. The molecule has 1 amide bonds. The molecule has 122 valence electrons. The summed E-state index contributed by atoms with van der Waals surface area (Å²) in [6, 6.07) is 8.42. The second kappa shape index (κ2) is 9.16. The summed E-state index contributed by atoms with van der Waals surface area (Å²) < 4.78 is 0. The highest BCUT2D eigenvalue weighted by Crippen LogP contribution is 2.16. The van der Waals surface area contributed by atoms with Crippen LogP contribution in [0.3, 0.4) is 0 Å². The monoisotopic (exact) mass is 322 g/mol. The van der Waals surface area contributed by atoms with Crippen molar-refractivity contribution in [1.82, 2.24) is 10.2 Å². The fraction of sp³-hybridized carbons (Fsp3) is 0.611. The summed E-state index contributed by atoms with van der Waals surface area (Å²) in [4.78, 5) is 14.3. The molecule has 1 aromatic carbocycles. The van der Waals surface area contributed by atoms with E-state index in [0.29, 0.717) is 12.5 Å². The summed E-state index contributed by atoms with van der Waals surface area (Å²) >= 11 is 5.91. The number of piperidine rings is 1. The van der Waals surface area contributed by atoms with Gasteiger partial charge in [0.05, 0.1) is 0 Å². The lowest BCUT2D eigenvalue weighted by Gasteiger charge is -2.32. The van der Waals surface area contributed by atoms with E-state index in [0.717, 1.165) is 56.8 Å². The molecular weight excluding hydrogens is 296 g/mol. The Balaban J connectivity index is 1.67. The van der Waals surface area contributed by atoms with Gasteiger partial charge in [0.2, 0.25) is 5.91 Å². The van der Waals surface area contributed by atoms with Gasteiger partial charge in [-0.25, -0.2) is 0 Å². The first kappa shape index (κ1) is 17.3. The van der Waals surface area contributed by atoms with Gasteiger partial charge in [-0.2, -0.15) is 0 Å². The largest absolute Gasteiger partial charge is 0.353 e. The number of unbranched alkanes of at least 4 members (excludes halogenated alkanes) is 2. The van der Waals surface area contributed by atoms with Crippen LogP contribution in [0.15, 0.2) is 24.3 Å². The van der Waals surface area contributed by atoms with Crippen LogP contribution in [0, 0.1) is 0 Å². The van der Waals surface area contributed by atoms with Crippen LogP contribution in [-0.4, -0.2) is 29.9 Å². The molecule has 1 aliphatic rings. The first-order valence-corrected chi connectivity index (χ1v) is 8.81. The van der Waals surface area contributed by atoms with Crippen molar-refractivity contribution in [1.29, 1.82) is 0 Å². The summed E-state index contributed by atoms with van der Waals surface area (Å²) in [5.41, 5.74) is 1.30. The lowest BCUT2D eigenvalue weighted by atomic mass is 10.0. The third-order valence-electron chi connectivity index (χ3n) is 4.28. The molecule has 1 N–H and O–H groups in total. The molecule has 1 aliphatic heterocycles. The van der Waals surface area contributed by atoms with Gasteiger partial charge < -0.3 is 5.32 Å². The normalized spacial score (nSPS) is 16.6. The Bertz CT molecular complexity index is 453. The third kappa shape index (κ3) is 5.98. The first-order valence-electron chi connectivity index (χ1n) is 8.43. The van der Waals surface area contributed by atoms with Crippen LogP contribution in [-0.2, 0) is 11.3 Å². The van der Waals surface area contributed by atoms with Crippen LogP contribution in [0.2, 0.25) is 5.02 Å². The molecule has 1 fully saturated rings. The quantitative estimate of drug-likeness (QED) is 0.769. The number of nitrogens with one attached hydrogen (secondary N) is 1. The van der Waals surface area contributed by atoms with E-state index in [9.17, 15) is 4.79 Å². The van der Waals surface area contributed by atoms with E-state index >= 15 is 0 Å². The minimum Gasteiger partial charge on any atom is -0.353 e. The van der Waals surface area contributed by atoms with Gasteiger partial charge in [-0.15, -0.1) is 0 Å². The number of carbonyl (C=O) groups excluding carboxylic acids is 1. The minimum absolute atomic E-state index is 0.226. The van der Waals surface area contributed by atoms with Crippen molar-refractivity contribution in [3.8, 4) is 0 Å². The third-order valence-corrected chi connectivity index (χ3v) is 4.53. The zero-order valence-electron chi connectivity index (χ0n) is 13.5. The number of hydrogen-bond donors (Lipinski definition) is 1. The van der Waals surface area contributed by atoms with Gasteiger partial charge in [-0.1, -0.05) is 43.5 Å². The van der Waals surface area contributed by atoms with Crippen molar-refractivity contribution in [2.45, 2.75) is 58.0 Å². The summed E-state index contributed by atoms with van der Waals surface area (Å²) in [7, 11) is 0. The van der Waals surface area contributed by atoms with Gasteiger partial charge in [0, 0.05) is 37.1 Å². The van der Waals surface area contributed by atoms with Gasteiger partial charge in [0.25, 0.3) is 0 Å². The molecule has 0 unspecified atom stereocenters. The van der Waals surface area contributed by atoms with Crippen molar-refractivity contribution in [3.05, 3.63) is 34.9 Å². The lowest BCUT2D eigenvalue weighted by molar-refractivity contribution is -0.122. The minimum atomic E-state index is 0.226. The molecule has 0 bridgehead atoms. The Kier molecular flexibility index (Phi) is 7.20. The van der Waals surface area contributed by atoms with Crippen LogP contribution in [0.5, 0.6) is 0 Å². The van der Waals surface area contributed by atoms with Gasteiger partial charge in [0.15, 0.2) is 0 Å². The fourth-order valence-electron chi connectivity index (χ4n) is 2.92. The maximum atomic E-state index is 11.9. The number of rotatable bonds is 7. The molecule has 22 heavy (non-hydrogen) atoms. The highest BCUT2D eigenvalue weighted by Gasteiger charge is 2.20. The molecule has 3 nitrogen and oxygen atoms in total. The maximum absolute atomic E-state index is 11.9. The molecule has 0 radical (unpaired) electrons. The number of benzene rings is 1. The number of hydrogen-bond acceptors (Lipinski definition) is 2. The summed E-state index contributed by atoms with van der Waals surface area (Å²) in [6.45, 7) is 5.22. The van der Waals surface area contributed by atoms with E-state index in [1.54, 1.807) is 0 Å². The molecule has 1 heterocycles. The lowest BCUT2D eigenvalue weighted by Crippen LogP contribution is -2.44. The van der Waals surface area contributed by atoms with Crippen LogP contribution >= 0.6 is 11.6 Å². The number of amides is 1. The van der Waals surface area contributed by atoms with Crippen molar-refractivity contribution in [3.63, 3.8) is 0 Å². The molecule has 0 aromatic heterocycles. The standard InChI is InChI=1S/C18H27ClN2O/c1-2-3-4-5-18(22)20-17-10-12-21(13-11-17)14-15-6-8-16(19)9-7-15/h6-9,17H,2-5,10-14H2,1H3,(H,20,22). The van der Waals surface area contributed by atoms with Crippen LogP contribution in [0.4, 0.5) is 0 Å². The summed E-state index contributed by atoms with van der Waals surface area (Å²) in [6.07, 6.45) is 6.10. The van der Waals surface area contributed by atoms with Gasteiger partial charge >= 0.3 is 0 Å². The molecule has 4 heteroatoms. The fourth-order valence-corrected chi connectivity index (χ4v) is 3.04. The predicted molar refractivity (Wildman–Crippen MR) is 92.0 cm³/mol. The predicted octanol–water partition coefficient (Wildman–Crippen LogP) is 4.00. The van der Waals surface area contributed by atoms with Crippen LogP contribution in [0.1, 0.15) is 51.0 Å². The Hall–Kier alpha value is -1.06. The van der Waals surface area contributed by atoms with Gasteiger partial charge in [0.1, 0.15) is 0 Å². The SMILES string of the molecule is CCCCCC(=O)NC1CCN(Cc2ccc(Cl)cc2)CC1. The molecule has 2 rings (SSSR count). The Morgan fingerprint density at radius 2 is 1.91 bits per heavy atom. The molecule has 0 atom stereocenters. The number of nitrogens with zero attached hydrogens (tertiary/aromatic N) is 1. The summed E-state index contributed by atoms with van der Waals surface area (Å²) in [5.74, 6) is 0.226. The van der Waals surface area contributed by atoms with E-state index in [2.05, 4.69) is 29.3 Å². The number of likely N-dealkylation sites (tertiary alicyclic amines) is 1. The van der Waals surface area contributed by atoms with Crippen molar-refractivity contribution in [2.75, 3.05) is 13.1 Å². The van der Waals surface area contributed by atoms with Crippen molar-refractivity contribution < 1.29 is 4.79 Å². The molecular formula is C18H27ClN2O. The average Bonchev–Trinajstić information content (AvgIpc) is 2.52. The maximum Gasteiger partial charge on any atom is 0.220 e. The van der Waals surface area contributed by atoms with Gasteiger partial charge in [-0.3, -0.25) is 9.69 Å². The molecule has 0 saturated carbocycles. The van der Waals surface area contributed by atoms with Crippen LogP contribution < -0.4 is 5.32 Å². The Morgan fingerprint density at radius 1 is 1.23 bits per heavy atom. The molecule has 0 aliphatic carbocycles. The summed E-state index contributed by atoms with van der Waals surface area (Å²) in [5, 5.41) is 3.97. The Morgan fingerprint density at radius 3 is 2.55 bits per heavy atom. The first-order chi connectivity index (χ1) is 10.7. The van der Waals surface area contributed by atoms with E-state index in [1.165, 1.54) is 5.56 Å². The van der Waals surface area contributed by atoms with E-state index in [4.69, 9.17) is 11.6 Å². The molecule has 1 aromatic rings. The van der Waals surface area contributed by atoms with E-state index in [-0.39, 0.29) is 5.91 Å². The van der Waals surface area contributed by atoms with Crippen molar-refractivity contribution >= 4 is 17.5 Å². The topological polar surface area (TPSA) is 32.3 Å². The second-order valence-corrected chi connectivity index (χ2v) is 6.64. The highest BCUT2D eigenvalue weighted by molar-refractivity contribution is 6.30. The van der Waals surface area contributed by atoms with E-state index < -0.39 is 0 Å². The zero-order chi connectivity index (χ0) is 15.8. The van der Waals surface area contributed by atoms with E-state index in [1.807, 2.05) is 12.1 Å². The zero-order valence-corrected chi connectivity index (χ0v) is 14.2. The van der Waals surface area contributed by atoms with Crippen LogP contribution in [0.25, 0.3) is 0 Å².